The molecule has 0 bridgehead atoms. The molecule has 23 heavy (non-hydrogen) atoms. The van der Waals surface area contributed by atoms with E-state index in [1.165, 1.54) is 0 Å². The molecule has 3 rings (SSSR count). The number of carbonyl (C=O) groups excluding carboxylic acids is 2. The van der Waals surface area contributed by atoms with Crippen LogP contribution in [0.3, 0.4) is 0 Å². The number of piperidine rings is 1. The zero-order chi connectivity index (χ0) is 16.2. The molecule has 124 valence electrons. The van der Waals surface area contributed by atoms with Crippen molar-refractivity contribution in [2.24, 2.45) is 5.92 Å². The Balaban J connectivity index is 1.51. The molecular formula is C16H23N5O2. The third-order valence-corrected chi connectivity index (χ3v) is 4.73. The topological polar surface area (TPSA) is 69.6 Å². The number of rotatable bonds is 3. The van der Waals surface area contributed by atoms with E-state index in [9.17, 15) is 9.59 Å². The van der Waals surface area contributed by atoms with Gasteiger partial charge in [-0.25, -0.2) is 0 Å². The minimum Gasteiger partial charge on any atom is -0.355 e. The average molecular weight is 317 g/mol. The van der Waals surface area contributed by atoms with Crippen LogP contribution in [0.4, 0.5) is 5.82 Å². The summed E-state index contributed by atoms with van der Waals surface area (Å²) >= 11 is 0. The molecular weight excluding hydrogens is 294 g/mol. The molecule has 0 radical (unpaired) electrons. The minimum atomic E-state index is 0.0902. The molecule has 2 aliphatic heterocycles. The molecule has 1 aromatic heterocycles. The molecule has 2 amide bonds. The number of carbonyl (C=O) groups is 2. The average Bonchev–Trinajstić information content (AvgIpc) is 2.62. The van der Waals surface area contributed by atoms with Crippen molar-refractivity contribution in [3.8, 4) is 0 Å². The number of piperazine rings is 1. The SMILES string of the molecule is Cc1ccc(N2CCC(C(=O)N3CCN(C=O)CC3)CC2)nn1. The first kappa shape index (κ1) is 15.7. The molecule has 0 aromatic carbocycles. The van der Waals surface area contributed by atoms with Gasteiger partial charge in [-0.3, -0.25) is 9.59 Å². The predicted octanol–water partition coefficient (Wildman–Crippen LogP) is 0.302. The van der Waals surface area contributed by atoms with Gasteiger partial charge in [-0.1, -0.05) is 0 Å². The Kier molecular flexibility index (Phi) is 4.73. The zero-order valence-corrected chi connectivity index (χ0v) is 13.5. The highest BCUT2D eigenvalue weighted by Crippen LogP contribution is 2.23. The number of amides is 2. The number of aryl methyl sites for hydroxylation is 1. The van der Waals surface area contributed by atoms with Crippen LogP contribution in [-0.4, -0.2) is 71.6 Å². The Hall–Kier alpha value is -2.18. The maximum atomic E-state index is 12.6. The summed E-state index contributed by atoms with van der Waals surface area (Å²) in [7, 11) is 0. The summed E-state index contributed by atoms with van der Waals surface area (Å²) in [4.78, 5) is 29.2. The van der Waals surface area contributed by atoms with Crippen LogP contribution in [0.1, 0.15) is 18.5 Å². The normalized spacial score (nSPS) is 19.8. The fourth-order valence-electron chi connectivity index (χ4n) is 3.22. The maximum absolute atomic E-state index is 12.6. The Morgan fingerprint density at radius 1 is 1.09 bits per heavy atom. The summed E-state index contributed by atoms with van der Waals surface area (Å²) in [6, 6.07) is 3.95. The van der Waals surface area contributed by atoms with E-state index in [2.05, 4.69) is 15.1 Å². The fourth-order valence-corrected chi connectivity index (χ4v) is 3.22. The van der Waals surface area contributed by atoms with Crippen molar-refractivity contribution >= 4 is 18.1 Å². The molecule has 2 saturated heterocycles. The van der Waals surface area contributed by atoms with Gasteiger partial charge in [-0.05, 0) is 31.9 Å². The van der Waals surface area contributed by atoms with Crippen LogP contribution in [0, 0.1) is 12.8 Å². The summed E-state index contributed by atoms with van der Waals surface area (Å²) in [5, 5.41) is 8.32. The predicted molar refractivity (Wildman–Crippen MR) is 85.9 cm³/mol. The van der Waals surface area contributed by atoms with Crippen molar-refractivity contribution in [2.45, 2.75) is 19.8 Å². The highest BCUT2D eigenvalue weighted by atomic mass is 16.2. The van der Waals surface area contributed by atoms with E-state index in [1.54, 1.807) is 4.90 Å². The molecule has 0 spiro atoms. The van der Waals surface area contributed by atoms with E-state index in [0.717, 1.165) is 43.9 Å². The van der Waals surface area contributed by atoms with Crippen molar-refractivity contribution in [3.63, 3.8) is 0 Å². The lowest BCUT2D eigenvalue weighted by Gasteiger charge is -2.37. The van der Waals surface area contributed by atoms with Crippen molar-refractivity contribution in [3.05, 3.63) is 17.8 Å². The first-order valence-corrected chi connectivity index (χ1v) is 8.21. The molecule has 2 aliphatic rings. The fraction of sp³-hybridized carbons (Fsp3) is 0.625. The van der Waals surface area contributed by atoms with Gasteiger partial charge < -0.3 is 14.7 Å². The Bertz CT molecular complexity index is 546. The molecule has 7 nitrogen and oxygen atoms in total. The van der Waals surface area contributed by atoms with Crippen LogP contribution in [-0.2, 0) is 9.59 Å². The molecule has 2 fully saturated rings. The summed E-state index contributed by atoms with van der Waals surface area (Å²) in [5.41, 5.74) is 0.910. The minimum absolute atomic E-state index is 0.0902. The molecule has 0 unspecified atom stereocenters. The van der Waals surface area contributed by atoms with Crippen molar-refractivity contribution in [2.75, 3.05) is 44.2 Å². The molecule has 0 N–H and O–H groups in total. The first-order valence-electron chi connectivity index (χ1n) is 8.21. The Morgan fingerprint density at radius 2 is 1.78 bits per heavy atom. The van der Waals surface area contributed by atoms with Gasteiger partial charge in [0.05, 0.1) is 5.69 Å². The second-order valence-corrected chi connectivity index (χ2v) is 6.26. The largest absolute Gasteiger partial charge is 0.355 e. The molecule has 0 atom stereocenters. The van der Waals surface area contributed by atoms with Gasteiger partial charge >= 0.3 is 0 Å². The van der Waals surface area contributed by atoms with Gasteiger partial charge in [0.15, 0.2) is 5.82 Å². The standard InChI is InChI=1S/C16H23N5O2/c1-13-2-3-15(18-17-13)20-6-4-14(5-7-20)16(23)21-10-8-19(12-22)9-11-21/h2-3,12,14H,4-11H2,1H3. The van der Waals surface area contributed by atoms with E-state index < -0.39 is 0 Å². The van der Waals surface area contributed by atoms with E-state index in [1.807, 2.05) is 24.0 Å². The zero-order valence-electron chi connectivity index (χ0n) is 13.5. The summed E-state index contributed by atoms with van der Waals surface area (Å²) in [5.74, 6) is 1.22. The maximum Gasteiger partial charge on any atom is 0.225 e. The number of nitrogens with zero attached hydrogens (tertiary/aromatic N) is 5. The lowest BCUT2D eigenvalue weighted by molar-refractivity contribution is -0.139. The van der Waals surface area contributed by atoms with E-state index >= 15 is 0 Å². The van der Waals surface area contributed by atoms with Gasteiger partial charge in [0.1, 0.15) is 0 Å². The second kappa shape index (κ2) is 6.93. The van der Waals surface area contributed by atoms with Crippen LogP contribution < -0.4 is 4.90 Å². The number of hydrogen-bond acceptors (Lipinski definition) is 5. The first-order chi connectivity index (χ1) is 11.2. The molecule has 0 aliphatic carbocycles. The van der Waals surface area contributed by atoms with Crippen molar-refractivity contribution in [1.82, 2.24) is 20.0 Å². The van der Waals surface area contributed by atoms with Crippen LogP contribution >= 0.6 is 0 Å². The summed E-state index contributed by atoms with van der Waals surface area (Å²) in [6.07, 6.45) is 2.56. The van der Waals surface area contributed by atoms with E-state index in [-0.39, 0.29) is 11.8 Å². The van der Waals surface area contributed by atoms with E-state index in [4.69, 9.17) is 0 Å². The van der Waals surface area contributed by atoms with Crippen LogP contribution in [0.15, 0.2) is 12.1 Å². The van der Waals surface area contributed by atoms with Crippen molar-refractivity contribution in [1.29, 1.82) is 0 Å². The summed E-state index contributed by atoms with van der Waals surface area (Å²) < 4.78 is 0. The lowest BCUT2D eigenvalue weighted by atomic mass is 9.95. The third kappa shape index (κ3) is 3.60. The number of hydrogen-bond donors (Lipinski definition) is 0. The number of aromatic nitrogens is 2. The van der Waals surface area contributed by atoms with Gasteiger partial charge in [0.2, 0.25) is 12.3 Å². The van der Waals surface area contributed by atoms with Gasteiger partial charge in [0.25, 0.3) is 0 Å². The van der Waals surface area contributed by atoms with Gasteiger partial charge in [0, 0.05) is 45.2 Å². The van der Waals surface area contributed by atoms with Crippen LogP contribution in [0.2, 0.25) is 0 Å². The quantitative estimate of drug-likeness (QED) is 0.750. The van der Waals surface area contributed by atoms with Gasteiger partial charge in [-0.2, -0.15) is 5.10 Å². The van der Waals surface area contributed by atoms with Crippen LogP contribution in [0.5, 0.6) is 0 Å². The van der Waals surface area contributed by atoms with Crippen LogP contribution in [0.25, 0.3) is 0 Å². The second-order valence-electron chi connectivity index (χ2n) is 6.26. The van der Waals surface area contributed by atoms with Crippen molar-refractivity contribution < 1.29 is 9.59 Å². The molecule has 3 heterocycles. The monoisotopic (exact) mass is 317 g/mol. The van der Waals surface area contributed by atoms with Gasteiger partial charge in [-0.15, -0.1) is 5.10 Å². The van der Waals surface area contributed by atoms with E-state index in [0.29, 0.717) is 26.2 Å². The Morgan fingerprint density at radius 3 is 2.35 bits per heavy atom. The molecule has 0 saturated carbocycles. The number of anilines is 1. The summed E-state index contributed by atoms with van der Waals surface area (Å²) in [6.45, 7) is 6.19. The lowest BCUT2D eigenvalue weighted by Crippen LogP contribution is -2.51. The molecule has 7 heteroatoms. The highest BCUT2D eigenvalue weighted by molar-refractivity contribution is 5.79. The molecule has 1 aromatic rings. The highest BCUT2D eigenvalue weighted by Gasteiger charge is 2.30. The smallest absolute Gasteiger partial charge is 0.225 e. The Labute approximate surface area is 136 Å². The third-order valence-electron chi connectivity index (χ3n) is 4.73.